The van der Waals surface area contributed by atoms with Crippen LogP contribution < -0.4 is 5.32 Å². The second kappa shape index (κ2) is 7.08. The topological polar surface area (TPSA) is 95.9 Å². The number of carboxylic acid groups (broad SMARTS) is 1. The Hall–Kier alpha value is -2.08. The van der Waals surface area contributed by atoms with Crippen molar-refractivity contribution in [3.8, 4) is 0 Å². The third kappa shape index (κ3) is 5.43. The quantitative estimate of drug-likeness (QED) is 0.769. The van der Waals surface area contributed by atoms with Crippen molar-refractivity contribution in [3.63, 3.8) is 0 Å². The molecule has 0 fully saturated rings. The SMILES string of the molecule is CC(C)(C)[C@@H](O)[C@H](NC(=O)OCc1ccccc1)C(=O)O. The van der Waals surface area contributed by atoms with Crippen molar-refractivity contribution < 1.29 is 24.5 Å². The van der Waals surface area contributed by atoms with E-state index in [9.17, 15) is 14.7 Å². The minimum Gasteiger partial charge on any atom is -0.480 e. The number of aliphatic carboxylic acids is 1. The van der Waals surface area contributed by atoms with Gasteiger partial charge in [-0.2, -0.15) is 0 Å². The summed E-state index contributed by atoms with van der Waals surface area (Å²) in [6.45, 7) is 5.09. The molecule has 0 saturated carbocycles. The van der Waals surface area contributed by atoms with Crippen molar-refractivity contribution in [2.45, 2.75) is 39.5 Å². The first-order chi connectivity index (χ1) is 9.71. The zero-order valence-corrected chi connectivity index (χ0v) is 12.4. The van der Waals surface area contributed by atoms with E-state index in [4.69, 9.17) is 9.84 Å². The molecule has 0 aliphatic carbocycles. The predicted octanol–water partition coefficient (Wildman–Crippen LogP) is 1.77. The van der Waals surface area contributed by atoms with Crippen molar-refractivity contribution in [1.82, 2.24) is 5.32 Å². The summed E-state index contributed by atoms with van der Waals surface area (Å²) in [4.78, 5) is 22.8. The fourth-order valence-electron chi connectivity index (χ4n) is 1.67. The van der Waals surface area contributed by atoms with Crippen molar-refractivity contribution in [2.75, 3.05) is 0 Å². The van der Waals surface area contributed by atoms with E-state index in [1.807, 2.05) is 6.07 Å². The van der Waals surface area contributed by atoms with Crippen LogP contribution in [0, 0.1) is 5.41 Å². The van der Waals surface area contributed by atoms with Gasteiger partial charge in [0.2, 0.25) is 0 Å². The van der Waals surface area contributed by atoms with E-state index < -0.39 is 29.6 Å². The van der Waals surface area contributed by atoms with Crippen LogP contribution in [0.5, 0.6) is 0 Å². The molecule has 1 aromatic rings. The average molecular weight is 295 g/mol. The standard InChI is InChI=1S/C15H21NO5/c1-15(2,3)12(17)11(13(18)19)16-14(20)21-9-10-7-5-4-6-8-10/h4-8,11-12,17H,9H2,1-3H3,(H,16,20)(H,18,19)/t11-,12-/m0/s1. The van der Waals surface area contributed by atoms with Gasteiger partial charge in [-0.05, 0) is 11.0 Å². The molecule has 1 aromatic carbocycles. The Morgan fingerprint density at radius 2 is 1.81 bits per heavy atom. The number of aliphatic hydroxyl groups excluding tert-OH is 1. The van der Waals surface area contributed by atoms with Crippen molar-refractivity contribution in [3.05, 3.63) is 35.9 Å². The Labute approximate surface area is 123 Å². The first-order valence-electron chi connectivity index (χ1n) is 6.60. The number of hydrogen-bond acceptors (Lipinski definition) is 4. The lowest BCUT2D eigenvalue weighted by Crippen LogP contribution is -2.53. The first-order valence-corrected chi connectivity index (χ1v) is 6.60. The van der Waals surface area contributed by atoms with Gasteiger partial charge in [0, 0.05) is 0 Å². The molecular weight excluding hydrogens is 274 g/mol. The molecule has 0 unspecified atom stereocenters. The number of aliphatic hydroxyl groups is 1. The summed E-state index contributed by atoms with van der Waals surface area (Å²) in [6, 6.07) is 7.59. The molecule has 3 N–H and O–H groups in total. The lowest BCUT2D eigenvalue weighted by atomic mass is 9.84. The smallest absolute Gasteiger partial charge is 0.408 e. The molecule has 6 nitrogen and oxygen atoms in total. The van der Waals surface area contributed by atoms with E-state index >= 15 is 0 Å². The van der Waals surface area contributed by atoms with Gasteiger partial charge in [-0.25, -0.2) is 9.59 Å². The van der Waals surface area contributed by atoms with Gasteiger partial charge in [0.15, 0.2) is 6.04 Å². The zero-order chi connectivity index (χ0) is 16.0. The van der Waals surface area contributed by atoms with E-state index in [1.165, 1.54) is 0 Å². The molecular formula is C15H21NO5. The number of carbonyl (C=O) groups is 2. The van der Waals surface area contributed by atoms with E-state index in [-0.39, 0.29) is 6.61 Å². The second-order valence-electron chi connectivity index (χ2n) is 5.83. The lowest BCUT2D eigenvalue weighted by molar-refractivity contribution is -0.144. The summed E-state index contributed by atoms with van der Waals surface area (Å²) in [7, 11) is 0. The number of carbonyl (C=O) groups excluding carboxylic acids is 1. The first kappa shape index (κ1) is 17.0. The maximum atomic E-state index is 11.7. The van der Waals surface area contributed by atoms with Gasteiger partial charge in [0.1, 0.15) is 6.61 Å². The molecule has 0 saturated heterocycles. The number of amides is 1. The summed E-state index contributed by atoms with van der Waals surface area (Å²) in [6.07, 6.45) is -2.12. The van der Waals surface area contributed by atoms with E-state index in [1.54, 1.807) is 45.0 Å². The van der Waals surface area contributed by atoms with E-state index in [2.05, 4.69) is 5.32 Å². The molecule has 0 radical (unpaired) electrons. The van der Waals surface area contributed by atoms with Crippen LogP contribution in [0.4, 0.5) is 4.79 Å². The lowest BCUT2D eigenvalue weighted by Gasteiger charge is -2.30. The van der Waals surface area contributed by atoms with Crippen LogP contribution in [0.3, 0.4) is 0 Å². The van der Waals surface area contributed by atoms with Crippen molar-refractivity contribution in [2.24, 2.45) is 5.41 Å². The number of ether oxygens (including phenoxy) is 1. The molecule has 0 aromatic heterocycles. The number of alkyl carbamates (subject to hydrolysis) is 1. The Balaban J connectivity index is 2.59. The van der Waals surface area contributed by atoms with Gasteiger partial charge >= 0.3 is 12.1 Å². The summed E-state index contributed by atoms with van der Waals surface area (Å²) >= 11 is 0. The molecule has 0 spiro atoms. The Bertz CT molecular complexity index is 481. The molecule has 0 aliphatic heterocycles. The zero-order valence-electron chi connectivity index (χ0n) is 12.4. The number of rotatable bonds is 5. The summed E-state index contributed by atoms with van der Waals surface area (Å²) in [5, 5.41) is 21.3. The largest absolute Gasteiger partial charge is 0.480 e. The van der Waals surface area contributed by atoms with Crippen LogP contribution in [0.15, 0.2) is 30.3 Å². The third-order valence-corrected chi connectivity index (χ3v) is 2.96. The van der Waals surface area contributed by atoms with Crippen LogP contribution in [0.1, 0.15) is 26.3 Å². The summed E-state index contributed by atoms with van der Waals surface area (Å²) in [5.41, 5.74) is 0.103. The van der Waals surface area contributed by atoms with Crippen LogP contribution in [-0.2, 0) is 16.1 Å². The van der Waals surface area contributed by atoms with Gasteiger partial charge in [0.05, 0.1) is 6.10 Å². The molecule has 2 atom stereocenters. The highest BCUT2D eigenvalue weighted by Gasteiger charge is 2.36. The second-order valence-corrected chi connectivity index (χ2v) is 5.83. The highest BCUT2D eigenvalue weighted by molar-refractivity contribution is 5.80. The third-order valence-electron chi connectivity index (χ3n) is 2.96. The Morgan fingerprint density at radius 1 is 1.24 bits per heavy atom. The fraction of sp³-hybridized carbons (Fsp3) is 0.467. The van der Waals surface area contributed by atoms with Crippen molar-refractivity contribution in [1.29, 1.82) is 0 Å². The van der Waals surface area contributed by atoms with Crippen molar-refractivity contribution >= 4 is 12.1 Å². The van der Waals surface area contributed by atoms with Crippen LogP contribution >= 0.6 is 0 Å². The van der Waals surface area contributed by atoms with E-state index in [0.29, 0.717) is 0 Å². The number of nitrogens with one attached hydrogen (secondary N) is 1. The fourth-order valence-corrected chi connectivity index (χ4v) is 1.67. The van der Waals surface area contributed by atoms with Gasteiger partial charge in [-0.1, -0.05) is 51.1 Å². The Morgan fingerprint density at radius 3 is 2.29 bits per heavy atom. The molecule has 1 amide bonds. The monoisotopic (exact) mass is 295 g/mol. The van der Waals surface area contributed by atoms with Gasteiger partial charge in [0.25, 0.3) is 0 Å². The minimum absolute atomic E-state index is 0.0324. The highest BCUT2D eigenvalue weighted by atomic mass is 16.5. The minimum atomic E-state index is -1.42. The molecule has 0 heterocycles. The number of hydrogen-bond donors (Lipinski definition) is 3. The van der Waals surface area contributed by atoms with Crippen LogP contribution in [-0.4, -0.2) is 34.4 Å². The predicted molar refractivity (Wildman–Crippen MR) is 76.6 cm³/mol. The number of carboxylic acids is 1. The molecule has 1 rings (SSSR count). The van der Waals surface area contributed by atoms with Crippen LogP contribution in [0.2, 0.25) is 0 Å². The maximum absolute atomic E-state index is 11.7. The molecule has 116 valence electrons. The average Bonchev–Trinajstić information content (AvgIpc) is 2.41. The molecule has 21 heavy (non-hydrogen) atoms. The molecule has 0 aliphatic rings. The van der Waals surface area contributed by atoms with Gasteiger partial charge in [-0.15, -0.1) is 0 Å². The van der Waals surface area contributed by atoms with E-state index in [0.717, 1.165) is 5.56 Å². The normalized spacial score (nSPS) is 14.1. The maximum Gasteiger partial charge on any atom is 0.408 e. The summed E-state index contributed by atoms with van der Waals surface area (Å²) < 4.78 is 4.95. The van der Waals surface area contributed by atoms with Gasteiger partial charge < -0.3 is 20.3 Å². The molecule has 0 bridgehead atoms. The number of benzene rings is 1. The Kier molecular flexibility index (Phi) is 5.72. The van der Waals surface area contributed by atoms with Crippen LogP contribution in [0.25, 0.3) is 0 Å². The molecule has 6 heteroatoms. The van der Waals surface area contributed by atoms with Gasteiger partial charge in [-0.3, -0.25) is 0 Å². The highest BCUT2D eigenvalue weighted by Crippen LogP contribution is 2.22. The summed E-state index contributed by atoms with van der Waals surface area (Å²) in [5.74, 6) is -1.31.